The first-order valence-corrected chi connectivity index (χ1v) is 6.35. The molecule has 0 atom stereocenters. The van der Waals surface area contributed by atoms with Crippen LogP contribution in [0.25, 0.3) is 0 Å². The molecule has 1 saturated carbocycles. The van der Waals surface area contributed by atoms with Gasteiger partial charge in [-0.3, -0.25) is 4.79 Å². The molecular formula is C14H20ClFN2O. The fourth-order valence-electron chi connectivity index (χ4n) is 2.51. The fraction of sp³-hybridized carbons (Fsp3) is 0.500. The standard InChI is InChI=1S/C14H19FN2O.ClH/c1-10-4-5-11(8-12(10)15)17-13(18)14(9-16)6-2-3-7-14;/h4-5,8H,2-3,6-7,9,16H2,1H3,(H,17,18);1H. The summed E-state index contributed by atoms with van der Waals surface area (Å²) < 4.78 is 13.4. The van der Waals surface area contributed by atoms with Crippen LogP contribution in [0.3, 0.4) is 0 Å². The number of nitrogens with one attached hydrogen (secondary N) is 1. The van der Waals surface area contributed by atoms with Crippen LogP contribution in [0, 0.1) is 18.2 Å². The largest absolute Gasteiger partial charge is 0.329 e. The molecule has 3 N–H and O–H groups in total. The van der Waals surface area contributed by atoms with Crippen LogP contribution in [0.5, 0.6) is 0 Å². The number of anilines is 1. The molecule has 1 aromatic carbocycles. The maximum absolute atomic E-state index is 13.4. The maximum atomic E-state index is 13.4. The Morgan fingerprint density at radius 2 is 2.05 bits per heavy atom. The van der Waals surface area contributed by atoms with Gasteiger partial charge < -0.3 is 11.1 Å². The highest BCUT2D eigenvalue weighted by Crippen LogP contribution is 2.38. The predicted octanol–water partition coefficient (Wildman–Crippen LogP) is 3.01. The Balaban J connectivity index is 0.00000180. The smallest absolute Gasteiger partial charge is 0.231 e. The van der Waals surface area contributed by atoms with E-state index in [9.17, 15) is 9.18 Å². The monoisotopic (exact) mass is 286 g/mol. The van der Waals surface area contributed by atoms with E-state index in [1.54, 1.807) is 19.1 Å². The van der Waals surface area contributed by atoms with Gasteiger partial charge in [-0.25, -0.2) is 4.39 Å². The number of nitrogens with two attached hydrogens (primary N) is 1. The third-order valence-electron chi connectivity index (χ3n) is 3.86. The van der Waals surface area contributed by atoms with Crippen LogP contribution in [-0.4, -0.2) is 12.5 Å². The molecule has 1 aliphatic rings. The number of carbonyl (C=O) groups is 1. The molecule has 2 rings (SSSR count). The van der Waals surface area contributed by atoms with Gasteiger partial charge in [-0.1, -0.05) is 18.9 Å². The summed E-state index contributed by atoms with van der Waals surface area (Å²) in [6.07, 6.45) is 3.72. The summed E-state index contributed by atoms with van der Waals surface area (Å²) in [5, 5.41) is 2.78. The Hall–Kier alpha value is -1.13. The van der Waals surface area contributed by atoms with Crippen molar-refractivity contribution >= 4 is 24.0 Å². The molecule has 19 heavy (non-hydrogen) atoms. The zero-order valence-corrected chi connectivity index (χ0v) is 11.9. The highest BCUT2D eigenvalue weighted by molar-refractivity contribution is 5.95. The zero-order valence-electron chi connectivity index (χ0n) is 11.0. The van der Waals surface area contributed by atoms with Crippen molar-refractivity contribution in [3.8, 4) is 0 Å². The zero-order chi connectivity index (χ0) is 13.2. The van der Waals surface area contributed by atoms with Crippen LogP contribution in [0.4, 0.5) is 10.1 Å². The van der Waals surface area contributed by atoms with Crippen LogP contribution >= 0.6 is 12.4 Å². The van der Waals surface area contributed by atoms with E-state index in [2.05, 4.69) is 5.32 Å². The molecule has 0 saturated heterocycles. The van der Waals surface area contributed by atoms with Crippen molar-refractivity contribution in [2.24, 2.45) is 11.1 Å². The molecule has 0 unspecified atom stereocenters. The van der Waals surface area contributed by atoms with E-state index in [1.165, 1.54) is 6.07 Å². The van der Waals surface area contributed by atoms with Gasteiger partial charge >= 0.3 is 0 Å². The van der Waals surface area contributed by atoms with E-state index in [0.29, 0.717) is 17.8 Å². The lowest BCUT2D eigenvalue weighted by molar-refractivity contribution is -0.124. The van der Waals surface area contributed by atoms with Crippen LogP contribution in [-0.2, 0) is 4.79 Å². The van der Waals surface area contributed by atoms with Gasteiger partial charge in [0.2, 0.25) is 5.91 Å². The van der Waals surface area contributed by atoms with Gasteiger partial charge in [0.25, 0.3) is 0 Å². The molecule has 1 aliphatic carbocycles. The first-order chi connectivity index (χ1) is 8.57. The summed E-state index contributed by atoms with van der Waals surface area (Å²) >= 11 is 0. The van der Waals surface area contributed by atoms with Crippen LogP contribution < -0.4 is 11.1 Å². The van der Waals surface area contributed by atoms with Gasteiger partial charge in [0, 0.05) is 12.2 Å². The van der Waals surface area contributed by atoms with Gasteiger partial charge in [0.1, 0.15) is 5.82 Å². The quantitative estimate of drug-likeness (QED) is 0.897. The van der Waals surface area contributed by atoms with Crippen LogP contribution in [0.1, 0.15) is 31.2 Å². The molecule has 1 fully saturated rings. The first kappa shape index (κ1) is 15.9. The molecule has 0 bridgehead atoms. The molecule has 0 spiro atoms. The second-order valence-corrected chi connectivity index (χ2v) is 5.11. The van der Waals surface area contributed by atoms with E-state index in [-0.39, 0.29) is 24.1 Å². The number of rotatable bonds is 3. The molecule has 0 aromatic heterocycles. The van der Waals surface area contributed by atoms with Crippen LogP contribution in [0.2, 0.25) is 0 Å². The summed E-state index contributed by atoms with van der Waals surface area (Å²) in [5.74, 6) is -0.383. The van der Waals surface area contributed by atoms with Crippen molar-refractivity contribution in [2.45, 2.75) is 32.6 Å². The summed E-state index contributed by atoms with van der Waals surface area (Å²) in [7, 11) is 0. The number of benzene rings is 1. The Morgan fingerprint density at radius 1 is 1.42 bits per heavy atom. The van der Waals surface area contributed by atoms with Gasteiger partial charge in [0.05, 0.1) is 5.41 Å². The Morgan fingerprint density at radius 3 is 2.58 bits per heavy atom. The van der Waals surface area contributed by atoms with Gasteiger partial charge in [-0.2, -0.15) is 0 Å². The highest BCUT2D eigenvalue weighted by atomic mass is 35.5. The van der Waals surface area contributed by atoms with E-state index < -0.39 is 5.41 Å². The summed E-state index contributed by atoms with van der Waals surface area (Å²) in [6, 6.07) is 4.73. The summed E-state index contributed by atoms with van der Waals surface area (Å²) in [5.41, 5.74) is 6.36. The van der Waals surface area contributed by atoms with E-state index >= 15 is 0 Å². The lowest BCUT2D eigenvalue weighted by Crippen LogP contribution is -2.40. The Kier molecular flexibility index (Phi) is 5.32. The topological polar surface area (TPSA) is 55.1 Å². The van der Waals surface area contributed by atoms with Crippen molar-refractivity contribution in [2.75, 3.05) is 11.9 Å². The minimum absolute atomic E-state index is 0. The molecular weight excluding hydrogens is 267 g/mol. The number of hydrogen-bond donors (Lipinski definition) is 2. The summed E-state index contributed by atoms with van der Waals surface area (Å²) in [6.45, 7) is 2.05. The van der Waals surface area contributed by atoms with E-state index in [4.69, 9.17) is 5.73 Å². The lowest BCUT2D eigenvalue weighted by atomic mass is 9.85. The van der Waals surface area contributed by atoms with E-state index in [1.807, 2.05) is 0 Å². The normalized spacial score (nSPS) is 16.8. The van der Waals surface area contributed by atoms with Crippen molar-refractivity contribution in [3.63, 3.8) is 0 Å². The molecule has 1 amide bonds. The molecule has 106 valence electrons. The second kappa shape index (κ2) is 6.35. The molecule has 1 aromatic rings. The SMILES string of the molecule is Cc1ccc(NC(=O)C2(CN)CCCC2)cc1F.Cl. The average molecular weight is 287 g/mol. The molecule has 0 radical (unpaired) electrons. The molecule has 0 heterocycles. The Bertz CT molecular complexity index is 459. The third-order valence-corrected chi connectivity index (χ3v) is 3.86. The predicted molar refractivity (Wildman–Crippen MR) is 77.0 cm³/mol. The van der Waals surface area contributed by atoms with Gasteiger partial charge in [0.15, 0.2) is 0 Å². The highest BCUT2D eigenvalue weighted by Gasteiger charge is 2.39. The van der Waals surface area contributed by atoms with Crippen molar-refractivity contribution in [3.05, 3.63) is 29.6 Å². The first-order valence-electron chi connectivity index (χ1n) is 6.35. The molecule has 3 nitrogen and oxygen atoms in total. The fourth-order valence-corrected chi connectivity index (χ4v) is 2.51. The number of halogens is 2. The van der Waals surface area contributed by atoms with Gasteiger partial charge in [-0.15, -0.1) is 12.4 Å². The van der Waals surface area contributed by atoms with Crippen molar-refractivity contribution in [1.82, 2.24) is 0 Å². The minimum Gasteiger partial charge on any atom is -0.329 e. The number of hydrogen-bond acceptors (Lipinski definition) is 2. The van der Waals surface area contributed by atoms with Gasteiger partial charge in [-0.05, 0) is 37.5 Å². The summed E-state index contributed by atoms with van der Waals surface area (Å²) in [4.78, 5) is 12.3. The second-order valence-electron chi connectivity index (χ2n) is 5.11. The number of amides is 1. The van der Waals surface area contributed by atoms with Crippen molar-refractivity contribution < 1.29 is 9.18 Å². The Labute approximate surface area is 119 Å². The molecule has 5 heteroatoms. The molecule has 0 aliphatic heterocycles. The third kappa shape index (κ3) is 3.25. The van der Waals surface area contributed by atoms with Crippen LogP contribution in [0.15, 0.2) is 18.2 Å². The number of aryl methyl sites for hydroxylation is 1. The van der Waals surface area contributed by atoms with Crippen molar-refractivity contribution in [1.29, 1.82) is 0 Å². The minimum atomic E-state index is -0.457. The maximum Gasteiger partial charge on any atom is 0.231 e. The van der Waals surface area contributed by atoms with E-state index in [0.717, 1.165) is 25.7 Å². The number of carbonyl (C=O) groups excluding carboxylic acids is 1. The average Bonchev–Trinajstić information content (AvgIpc) is 2.84. The lowest BCUT2D eigenvalue weighted by Gasteiger charge is -2.25.